The standard InChI is InChI=1S/C18H40N2O3Si/c1-8-21-24(22-9-2,23-10-3)16-12-15-19-20-17(4,5)13-11-14-18(20,6)7/h19H,8-16H2,1-7H3. The van der Waals surface area contributed by atoms with Crippen LogP contribution in [-0.4, -0.2) is 51.3 Å². The highest BCUT2D eigenvalue weighted by Gasteiger charge is 2.42. The van der Waals surface area contributed by atoms with Gasteiger partial charge in [-0.15, -0.1) is 0 Å². The van der Waals surface area contributed by atoms with Crippen molar-refractivity contribution in [1.29, 1.82) is 0 Å². The van der Waals surface area contributed by atoms with Gasteiger partial charge < -0.3 is 13.3 Å². The van der Waals surface area contributed by atoms with E-state index in [9.17, 15) is 0 Å². The summed E-state index contributed by atoms with van der Waals surface area (Å²) < 4.78 is 17.8. The Morgan fingerprint density at radius 1 is 0.875 bits per heavy atom. The van der Waals surface area contributed by atoms with E-state index in [1.54, 1.807) is 0 Å². The highest BCUT2D eigenvalue weighted by atomic mass is 28.4. The van der Waals surface area contributed by atoms with Crippen LogP contribution in [0.4, 0.5) is 0 Å². The van der Waals surface area contributed by atoms with Gasteiger partial charge in [0.2, 0.25) is 0 Å². The van der Waals surface area contributed by atoms with Crippen molar-refractivity contribution in [2.75, 3.05) is 26.4 Å². The van der Waals surface area contributed by atoms with E-state index in [0.717, 1.165) is 19.0 Å². The minimum Gasteiger partial charge on any atom is -0.374 e. The van der Waals surface area contributed by atoms with Crippen LogP contribution in [-0.2, 0) is 13.3 Å². The Labute approximate surface area is 150 Å². The summed E-state index contributed by atoms with van der Waals surface area (Å²) in [7, 11) is -2.51. The molecule has 0 amide bonds. The zero-order chi connectivity index (χ0) is 18.3. The summed E-state index contributed by atoms with van der Waals surface area (Å²) in [6.45, 7) is 18.2. The monoisotopic (exact) mass is 360 g/mol. The smallest absolute Gasteiger partial charge is 0.374 e. The predicted octanol–water partition coefficient (Wildman–Crippen LogP) is 3.97. The van der Waals surface area contributed by atoms with Gasteiger partial charge in [-0.3, -0.25) is 5.43 Å². The summed E-state index contributed by atoms with van der Waals surface area (Å²) in [5.74, 6) is 0. The van der Waals surface area contributed by atoms with Gasteiger partial charge in [0.05, 0.1) is 0 Å². The molecule has 0 unspecified atom stereocenters. The second kappa shape index (κ2) is 9.64. The number of piperidine rings is 1. The van der Waals surface area contributed by atoms with Gasteiger partial charge in [0.25, 0.3) is 0 Å². The van der Waals surface area contributed by atoms with Gasteiger partial charge >= 0.3 is 8.80 Å². The fourth-order valence-electron chi connectivity index (χ4n) is 3.92. The molecule has 1 aliphatic heterocycles. The van der Waals surface area contributed by atoms with Crippen molar-refractivity contribution in [3.63, 3.8) is 0 Å². The third-order valence-electron chi connectivity index (χ3n) is 4.81. The van der Waals surface area contributed by atoms with Crippen LogP contribution in [0.2, 0.25) is 6.04 Å². The maximum atomic E-state index is 5.94. The van der Waals surface area contributed by atoms with Crippen molar-refractivity contribution in [3.05, 3.63) is 0 Å². The zero-order valence-corrected chi connectivity index (χ0v) is 18.0. The lowest BCUT2D eigenvalue weighted by molar-refractivity contribution is -0.0699. The minimum absolute atomic E-state index is 0.190. The normalized spacial score (nSPS) is 21.1. The largest absolute Gasteiger partial charge is 0.500 e. The van der Waals surface area contributed by atoms with Crippen LogP contribution in [0.25, 0.3) is 0 Å². The first-order valence-corrected chi connectivity index (χ1v) is 11.6. The molecular weight excluding hydrogens is 320 g/mol. The van der Waals surface area contributed by atoms with Crippen LogP contribution in [0.3, 0.4) is 0 Å². The zero-order valence-electron chi connectivity index (χ0n) is 17.0. The van der Waals surface area contributed by atoms with Crippen molar-refractivity contribution in [2.24, 2.45) is 0 Å². The first-order valence-electron chi connectivity index (χ1n) is 9.68. The predicted molar refractivity (Wildman–Crippen MR) is 102 cm³/mol. The van der Waals surface area contributed by atoms with Crippen LogP contribution in [0, 0.1) is 0 Å². The summed E-state index contributed by atoms with van der Waals surface area (Å²) in [4.78, 5) is 0. The molecule has 1 aliphatic rings. The van der Waals surface area contributed by atoms with E-state index in [0.29, 0.717) is 19.8 Å². The number of nitrogens with zero attached hydrogens (tertiary/aromatic N) is 1. The topological polar surface area (TPSA) is 43.0 Å². The average molecular weight is 361 g/mol. The quantitative estimate of drug-likeness (QED) is 0.446. The molecule has 0 saturated carbocycles. The fourth-order valence-corrected chi connectivity index (χ4v) is 6.53. The average Bonchev–Trinajstić information content (AvgIpc) is 2.45. The Kier molecular flexibility index (Phi) is 8.86. The van der Waals surface area contributed by atoms with E-state index in [-0.39, 0.29) is 11.1 Å². The third-order valence-corrected chi connectivity index (χ3v) is 7.96. The molecule has 1 fully saturated rings. The van der Waals surface area contributed by atoms with Crippen LogP contribution in [0.5, 0.6) is 0 Å². The van der Waals surface area contributed by atoms with E-state index < -0.39 is 8.80 Å². The molecule has 5 nitrogen and oxygen atoms in total. The molecule has 1 saturated heterocycles. The highest BCUT2D eigenvalue weighted by Crippen LogP contribution is 2.36. The fraction of sp³-hybridized carbons (Fsp3) is 1.00. The minimum atomic E-state index is -2.51. The Balaban J connectivity index is 2.57. The SMILES string of the molecule is CCO[Si](CCCNN1C(C)(C)CCCC1(C)C)(OCC)OCC. The van der Waals surface area contributed by atoms with E-state index in [1.165, 1.54) is 19.3 Å². The molecule has 0 spiro atoms. The van der Waals surface area contributed by atoms with E-state index >= 15 is 0 Å². The van der Waals surface area contributed by atoms with E-state index in [2.05, 4.69) is 38.1 Å². The summed E-state index contributed by atoms with van der Waals surface area (Å²) >= 11 is 0. The first-order chi connectivity index (χ1) is 11.2. The van der Waals surface area contributed by atoms with Crippen LogP contribution >= 0.6 is 0 Å². The maximum absolute atomic E-state index is 5.94. The molecule has 144 valence electrons. The third kappa shape index (κ3) is 6.07. The van der Waals surface area contributed by atoms with Gasteiger partial charge in [-0.25, -0.2) is 5.01 Å². The molecule has 0 aromatic heterocycles. The van der Waals surface area contributed by atoms with Crippen molar-refractivity contribution in [1.82, 2.24) is 10.4 Å². The molecule has 0 bridgehead atoms. The second-order valence-electron chi connectivity index (χ2n) is 7.81. The molecule has 0 aromatic rings. The Bertz CT molecular complexity index is 331. The lowest BCUT2D eigenvalue weighted by atomic mass is 9.81. The van der Waals surface area contributed by atoms with Crippen LogP contribution in [0.15, 0.2) is 0 Å². The molecule has 24 heavy (non-hydrogen) atoms. The number of hydrogen-bond acceptors (Lipinski definition) is 5. The van der Waals surface area contributed by atoms with Gasteiger partial charge in [-0.05, 0) is 74.1 Å². The van der Waals surface area contributed by atoms with Crippen molar-refractivity contribution in [2.45, 2.75) is 91.3 Å². The first kappa shape index (κ1) is 22.1. The van der Waals surface area contributed by atoms with E-state index in [1.807, 2.05) is 20.8 Å². The number of hydrogen-bond donors (Lipinski definition) is 1. The van der Waals surface area contributed by atoms with Crippen molar-refractivity contribution >= 4 is 8.80 Å². The number of nitrogens with one attached hydrogen (secondary N) is 1. The van der Waals surface area contributed by atoms with Crippen LogP contribution < -0.4 is 5.43 Å². The van der Waals surface area contributed by atoms with Crippen LogP contribution in [0.1, 0.15) is 74.1 Å². The maximum Gasteiger partial charge on any atom is 0.500 e. The Morgan fingerprint density at radius 2 is 1.33 bits per heavy atom. The van der Waals surface area contributed by atoms with Crippen molar-refractivity contribution in [3.8, 4) is 0 Å². The summed E-state index contributed by atoms with van der Waals surface area (Å²) in [6, 6.07) is 0.865. The number of rotatable bonds is 11. The molecular formula is C18H40N2O3Si. The van der Waals surface area contributed by atoms with Crippen molar-refractivity contribution < 1.29 is 13.3 Å². The van der Waals surface area contributed by atoms with Gasteiger partial charge in [0.1, 0.15) is 0 Å². The summed E-state index contributed by atoms with van der Waals surface area (Å²) in [5.41, 5.74) is 4.07. The molecule has 1 heterocycles. The lowest BCUT2D eigenvalue weighted by Crippen LogP contribution is -2.64. The highest BCUT2D eigenvalue weighted by molar-refractivity contribution is 6.60. The molecule has 1 N–H and O–H groups in total. The van der Waals surface area contributed by atoms with Gasteiger partial charge in [0.15, 0.2) is 0 Å². The lowest BCUT2D eigenvalue weighted by Gasteiger charge is -2.52. The van der Waals surface area contributed by atoms with Gasteiger partial charge in [-0.1, -0.05) is 0 Å². The molecule has 0 aromatic carbocycles. The molecule has 0 aliphatic carbocycles. The summed E-state index contributed by atoms with van der Waals surface area (Å²) in [6.07, 6.45) is 4.76. The molecule has 6 heteroatoms. The Morgan fingerprint density at radius 3 is 1.75 bits per heavy atom. The van der Waals surface area contributed by atoms with Gasteiger partial charge in [0, 0.05) is 43.5 Å². The molecule has 0 radical (unpaired) electrons. The van der Waals surface area contributed by atoms with E-state index in [4.69, 9.17) is 13.3 Å². The summed E-state index contributed by atoms with van der Waals surface area (Å²) in [5, 5.41) is 2.47. The van der Waals surface area contributed by atoms with Gasteiger partial charge in [-0.2, -0.15) is 0 Å². The molecule has 0 atom stereocenters. The Hall–Kier alpha value is 0.0169. The molecule has 1 rings (SSSR count). The second-order valence-corrected chi connectivity index (χ2v) is 10.5. The number of hydrazine groups is 1.